The highest BCUT2D eigenvalue weighted by atomic mass is 19.1. The van der Waals surface area contributed by atoms with E-state index in [0.717, 1.165) is 32.2 Å². The largest absolute Gasteiger partial charge is 0.508 e. The van der Waals surface area contributed by atoms with E-state index in [9.17, 15) is 9.50 Å². The molecule has 228 valence electrons. The van der Waals surface area contributed by atoms with Crippen LogP contribution in [0.5, 0.6) is 11.8 Å². The Morgan fingerprint density at radius 2 is 1.89 bits per heavy atom. The molecular weight excluding hydrogens is 574 g/mol. The first-order valence-corrected chi connectivity index (χ1v) is 15.5. The molecule has 4 aromatic rings. The van der Waals surface area contributed by atoms with E-state index in [4.69, 9.17) is 22.6 Å². The van der Waals surface area contributed by atoms with E-state index in [2.05, 4.69) is 36.9 Å². The van der Waals surface area contributed by atoms with Gasteiger partial charge in [0.1, 0.15) is 41.3 Å². The first-order chi connectivity index (χ1) is 21.9. The predicted molar refractivity (Wildman–Crippen MR) is 168 cm³/mol. The van der Waals surface area contributed by atoms with Crippen LogP contribution in [0, 0.1) is 30.5 Å². The number of ether oxygens (including phenoxy) is 1. The molecular formula is C35H32F2N6O2. The van der Waals surface area contributed by atoms with E-state index >= 15 is 4.39 Å². The summed E-state index contributed by atoms with van der Waals surface area (Å²) >= 11 is 0. The average Bonchev–Trinajstić information content (AvgIpc) is 3.69. The van der Waals surface area contributed by atoms with Crippen molar-refractivity contribution in [2.45, 2.75) is 55.9 Å². The van der Waals surface area contributed by atoms with E-state index in [-0.39, 0.29) is 47.4 Å². The van der Waals surface area contributed by atoms with Gasteiger partial charge in [-0.1, -0.05) is 18.1 Å². The average molecular weight is 607 g/mol. The summed E-state index contributed by atoms with van der Waals surface area (Å²) in [4.78, 5) is 18.4. The summed E-state index contributed by atoms with van der Waals surface area (Å²) in [6.45, 7) is 2.75. The van der Waals surface area contributed by atoms with E-state index in [1.807, 2.05) is 0 Å². The van der Waals surface area contributed by atoms with Gasteiger partial charge in [-0.3, -0.25) is 4.90 Å². The van der Waals surface area contributed by atoms with Crippen LogP contribution in [0.1, 0.15) is 43.4 Å². The van der Waals surface area contributed by atoms with E-state index < -0.39 is 17.5 Å². The van der Waals surface area contributed by atoms with Crippen LogP contribution in [0.25, 0.3) is 32.9 Å². The number of terminal acetylenes is 2. The molecule has 4 aliphatic rings. The molecule has 0 aliphatic carbocycles. The molecule has 4 atom stereocenters. The number of aromatic hydroxyl groups is 1. The Bertz CT molecular complexity index is 1940. The molecule has 0 spiro atoms. The Hall–Kier alpha value is -4.51. The number of alkyl halides is 1. The molecule has 0 radical (unpaired) electrons. The zero-order chi connectivity index (χ0) is 30.9. The van der Waals surface area contributed by atoms with Crippen molar-refractivity contribution in [3.63, 3.8) is 0 Å². The van der Waals surface area contributed by atoms with Gasteiger partial charge in [0.25, 0.3) is 0 Å². The van der Waals surface area contributed by atoms with Crippen LogP contribution in [0.4, 0.5) is 14.6 Å². The number of hydrogen-bond donors (Lipinski definition) is 2. The van der Waals surface area contributed by atoms with Gasteiger partial charge in [0, 0.05) is 54.7 Å². The van der Waals surface area contributed by atoms with Gasteiger partial charge in [0.2, 0.25) is 0 Å². The summed E-state index contributed by atoms with van der Waals surface area (Å²) in [6.07, 6.45) is 15.2. The number of phenolic OH excluding ortho intramolecular Hbond substituents is 1. The predicted octanol–water partition coefficient (Wildman–Crippen LogP) is 4.55. The third-order valence-corrected chi connectivity index (χ3v) is 10.0. The molecule has 8 rings (SSSR count). The molecule has 4 saturated heterocycles. The molecule has 0 saturated carbocycles. The zero-order valence-corrected chi connectivity index (χ0v) is 24.7. The molecule has 2 aromatic heterocycles. The maximum Gasteiger partial charge on any atom is 0.319 e. The Balaban J connectivity index is 1.32. The van der Waals surface area contributed by atoms with E-state index in [1.54, 1.807) is 24.3 Å². The molecule has 2 unspecified atom stereocenters. The minimum Gasteiger partial charge on any atom is -0.508 e. The van der Waals surface area contributed by atoms with Gasteiger partial charge < -0.3 is 20.1 Å². The number of halogens is 2. The van der Waals surface area contributed by atoms with E-state index in [1.165, 1.54) is 6.07 Å². The number of pyridine rings is 1. The lowest BCUT2D eigenvalue weighted by Gasteiger charge is -2.34. The van der Waals surface area contributed by atoms with Gasteiger partial charge >= 0.3 is 6.01 Å². The number of fused-ring (bicyclic) bond motifs is 5. The number of piperazine rings is 1. The lowest BCUT2D eigenvalue weighted by atomic mass is 9.95. The van der Waals surface area contributed by atoms with Gasteiger partial charge in [-0.15, -0.1) is 12.8 Å². The highest BCUT2D eigenvalue weighted by Gasteiger charge is 2.49. The lowest BCUT2D eigenvalue weighted by molar-refractivity contribution is 0.107. The highest BCUT2D eigenvalue weighted by Crippen LogP contribution is 2.42. The summed E-state index contributed by atoms with van der Waals surface area (Å²) in [5.41, 5.74) is 0.482. The fourth-order valence-electron chi connectivity index (χ4n) is 8.05. The Morgan fingerprint density at radius 3 is 2.67 bits per heavy atom. The Labute approximate surface area is 259 Å². The summed E-state index contributed by atoms with van der Waals surface area (Å²) in [5.74, 6) is 5.00. The number of nitrogens with one attached hydrogen (secondary N) is 1. The van der Waals surface area contributed by atoms with Crippen molar-refractivity contribution in [3.05, 3.63) is 47.4 Å². The minimum absolute atomic E-state index is 0.0102. The SMILES string of the molecule is C#Cc1cccc2cc(O)cc(-c3nc(C#C)c4c(N5CC6CCC(C5)N6)nc(OC[C@@]56CCCN5C[C@H](F)C6)nc4c3F)c12. The third-order valence-electron chi connectivity index (χ3n) is 10.0. The molecule has 2 N–H and O–H groups in total. The van der Waals surface area contributed by atoms with Crippen LogP contribution < -0.4 is 15.0 Å². The second-order valence-corrected chi connectivity index (χ2v) is 12.8. The van der Waals surface area contributed by atoms with Crippen LogP contribution in [0.2, 0.25) is 0 Å². The van der Waals surface area contributed by atoms with Crippen molar-refractivity contribution in [2.24, 2.45) is 0 Å². The van der Waals surface area contributed by atoms with Gasteiger partial charge in [0.15, 0.2) is 5.82 Å². The fourth-order valence-corrected chi connectivity index (χ4v) is 8.05. The quantitative estimate of drug-likeness (QED) is 0.320. The Morgan fingerprint density at radius 1 is 1.07 bits per heavy atom. The van der Waals surface area contributed by atoms with Gasteiger partial charge in [-0.25, -0.2) is 13.8 Å². The molecule has 6 heterocycles. The molecule has 45 heavy (non-hydrogen) atoms. The van der Waals surface area contributed by atoms with Crippen molar-refractivity contribution in [3.8, 4) is 47.7 Å². The number of nitrogens with zero attached hydrogens (tertiary/aromatic N) is 5. The topological polar surface area (TPSA) is 86.6 Å². The van der Waals surface area contributed by atoms with Crippen molar-refractivity contribution >= 4 is 27.5 Å². The molecule has 2 aromatic carbocycles. The van der Waals surface area contributed by atoms with Crippen molar-refractivity contribution in [1.82, 2.24) is 25.2 Å². The van der Waals surface area contributed by atoms with E-state index in [0.29, 0.717) is 59.2 Å². The van der Waals surface area contributed by atoms with Gasteiger partial charge in [-0.05, 0) is 61.7 Å². The summed E-state index contributed by atoms with van der Waals surface area (Å²) in [7, 11) is 0. The number of phenols is 1. The first kappa shape index (κ1) is 28.0. The van der Waals surface area contributed by atoms with Crippen LogP contribution in [0.3, 0.4) is 0 Å². The number of anilines is 1. The molecule has 8 nitrogen and oxygen atoms in total. The molecule has 10 heteroatoms. The van der Waals surface area contributed by atoms with Gasteiger partial charge in [-0.2, -0.15) is 9.97 Å². The number of benzene rings is 2. The maximum absolute atomic E-state index is 17.0. The summed E-state index contributed by atoms with van der Waals surface area (Å²) in [6, 6.07) is 8.90. The normalized spacial score (nSPS) is 25.9. The molecule has 4 fully saturated rings. The first-order valence-electron chi connectivity index (χ1n) is 15.5. The van der Waals surface area contributed by atoms with Crippen LogP contribution in [-0.2, 0) is 0 Å². The number of hydrogen-bond acceptors (Lipinski definition) is 8. The summed E-state index contributed by atoms with van der Waals surface area (Å²) in [5, 5.41) is 15.8. The second kappa shape index (κ2) is 10.5. The second-order valence-electron chi connectivity index (χ2n) is 12.8. The van der Waals surface area contributed by atoms with Crippen LogP contribution in [-0.4, -0.2) is 81.5 Å². The zero-order valence-electron chi connectivity index (χ0n) is 24.7. The van der Waals surface area contributed by atoms with Crippen molar-refractivity contribution in [2.75, 3.05) is 37.7 Å². The minimum atomic E-state index is -0.910. The standard InChI is InChI=1S/C35H32F2N6O2/c1-3-20-7-5-8-21-13-25(44)14-26(28(20)21)31-30(37)32-29(27(4-2)39-31)33(42-17-23-9-10-24(18-42)38-23)41-34(40-32)45-19-35-11-6-12-43(35)16-22(36)15-35/h1-2,5,7-8,13-14,22-24,38,44H,6,9-12,15-19H2/t22-,23?,24?,35+/m1/s1. The highest BCUT2D eigenvalue weighted by molar-refractivity contribution is 6.03. The number of rotatable bonds is 5. The molecule has 4 aliphatic heterocycles. The third kappa shape index (κ3) is 4.55. The van der Waals surface area contributed by atoms with Crippen molar-refractivity contribution in [1.29, 1.82) is 0 Å². The fraction of sp³-hybridized carbons (Fsp3) is 0.400. The smallest absolute Gasteiger partial charge is 0.319 e. The van der Waals surface area contributed by atoms with Gasteiger partial charge in [0.05, 0.1) is 10.9 Å². The maximum atomic E-state index is 17.0. The Kier molecular flexibility index (Phi) is 6.56. The van der Waals surface area contributed by atoms with Crippen molar-refractivity contribution < 1.29 is 18.6 Å². The van der Waals surface area contributed by atoms with Crippen LogP contribution >= 0.6 is 0 Å². The monoisotopic (exact) mass is 606 g/mol. The molecule has 0 amide bonds. The number of aromatic nitrogens is 3. The lowest BCUT2D eigenvalue weighted by Crippen LogP contribution is -2.51. The summed E-state index contributed by atoms with van der Waals surface area (Å²) < 4.78 is 37.7. The van der Waals surface area contributed by atoms with Crippen LogP contribution in [0.15, 0.2) is 30.3 Å². The molecule has 2 bridgehead atoms.